The number of pyridine rings is 1. The molecule has 0 aliphatic heterocycles. The summed E-state index contributed by atoms with van der Waals surface area (Å²) in [6.45, 7) is 0.888. The maximum atomic E-state index is 4.21. The van der Waals surface area contributed by atoms with E-state index in [1.165, 1.54) is 5.56 Å². The van der Waals surface area contributed by atoms with Crippen molar-refractivity contribution in [2.45, 2.75) is 16.6 Å². The molecular weight excluding hydrogens is 256 g/mol. The number of nitrogens with one attached hydrogen (secondary N) is 1. The van der Waals surface area contributed by atoms with Crippen molar-refractivity contribution >= 4 is 17.4 Å². The molecule has 0 amide bonds. The third kappa shape index (κ3) is 2.62. The minimum absolute atomic E-state index is 0.872. The lowest BCUT2D eigenvalue weighted by molar-refractivity contribution is 0.817. The molecule has 5 heteroatoms. The topological polar surface area (TPSA) is 42.2 Å². The predicted octanol–water partition coefficient (Wildman–Crippen LogP) is 2.60. The quantitative estimate of drug-likeness (QED) is 0.791. The maximum absolute atomic E-state index is 4.21. The minimum atomic E-state index is 0.872. The van der Waals surface area contributed by atoms with Crippen LogP contribution in [0.15, 0.2) is 58.7 Å². The first kappa shape index (κ1) is 12.2. The molecule has 0 fully saturated rings. The van der Waals surface area contributed by atoms with E-state index in [4.69, 9.17) is 0 Å². The van der Waals surface area contributed by atoms with Crippen LogP contribution in [-0.4, -0.2) is 21.6 Å². The number of hydrogen-bond donors (Lipinski definition) is 1. The van der Waals surface area contributed by atoms with Gasteiger partial charge in [0.15, 0.2) is 10.8 Å². The van der Waals surface area contributed by atoms with Crippen molar-refractivity contribution in [3.63, 3.8) is 0 Å². The number of aromatic nitrogens is 3. The number of hydrogen-bond acceptors (Lipinski definition) is 4. The van der Waals surface area contributed by atoms with Crippen LogP contribution in [0.4, 0.5) is 0 Å². The average Bonchev–Trinajstić information content (AvgIpc) is 2.85. The Morgan fingerprint density at radius 3 is 2.74 bits per heavy atom. The molecule has 96 valence electrons. The van der Waals surface area contributed by atoms with Gasteiger partial charge in [-0.15, -0.1) is 10.2 Å². The molecule has 19 heavy (non-hydrogen) atoms. The monoisotopic (exact) mass is 270 g/mol. The molecule has 0 aliphatic rings. The summed E-state index contributed by atoms with van der Waals surface area (Å²) < 4.78 is 1.99. The highest BCUT2D eigenvalue weighted by atomic mass is 32.2. The van der Waals surface area contributed by atoms with Crippen LogP contribution in [0, 0.1) is 0 Å². The first-order chi connectivity index (χ1) is 9.36. The van der Waals surface area contributed by atoms with E-state index in [1.807, 2.05) is 35.8 Å². The summed E-state index contributed by atoms with van der Waals surface area (Å²) in [7, 11) is 1.95. The van der Waals surface area contributed by atoms with Crippen molar-refractivity contribution in [3.8, 4) is 0 Å². The maximum Gasteiger partial charge on any atom is 0.200 e. The lowest BCUT2D eigenvalue weighted by atomic mass is 10.2. The zero-order valence-electron chi connectivity index (χ0n) is 10.6. The van der Waals surface area contributed by atoms with E-state index in [9.17, 15) is 0 Å². The smallest absolute Gasteiger partial charge is 0.200 e. The third-order valence-corrected chi connectivity index (χ3v) is 3.76. The molecule has 1 N–H and O–H groups in total. The Bertz CT molecular complexity index is 675. The van der Waals surface area contributed by atoms with Gasteiger partial charge in [0.2, 0.25) is 0 Å². The standard InChI is InChI=1S/C14H14N4S/c1-15-10-11-5-7-12(8-6-11)19-14-17-16-13-4-2-3-9-18(13)14/h2-9,15H,10H2,1H3. The van der Waals surface area contributed by atoms with Crippen LogP contribution in [0.25, 0.3) is 5.65 Å². The van der Waals surface area contributed by atoms with Gasteiger partial charge in [0.25, 0.3) is 0 Å². The highest BCUT2D eigenvalue weighted by Gasteiger charge is 2.06. The van der Waals surface area contributed by atoms with E-state index in [0.717, 1.165) is 22.2 Å². The fraction of sp³-hybridized carbons (Fsp3) is 0.143. The average molecular weight is 270 g/mol. The summed E-state index contributed by atoms with van der Waals surface area (Å²) in [6, 6.07) is 14.4. The van der Waals surface area contributed by atoms with Gasteiger partial charge in [-0.3, -0.25) is 4.40 Å². The van der Waals surface area contributed by atoms with Gasteiger partial charge in [0.05, 0.1) is 0 Å². The van der Waals surface area contributed by atoms with Gasteiger partial charge in [-0.2, -0.15) is 0 Å². The minimum Gasteiger partial charge on any atom is -0.316 e. The molecule has 2 heterocycles. The Morgan fingerprint density at radius 1 is 1.11 bits per heavy atom. The van der Waals surface area contributed by atoms with Crippen LogP contribution in [0.1, 0.15) is 5.56 Å². The van der Waals surface area contributed by atoms with Crippen molar-refractivity contribution in [2.75, 3.05) is 7.05 Å². The summed E-state index contributed by atoms with van der Waals surface area (Å²) in [5.41, 5.74) is 2.15. The highest BCUT2D eigenvalue weighted by molar-refractivity contribution is 7.99. The molecule has 4 nitrogen and oxygen atoms in total. The lowest BCUT2D eigenvalue weighted by Gasteiger charge is -2.02. The highest BCUT2D eigenvalue weighted by Crippen LogP contribution is 2.26. The zero-order valence-corrected chi connectivity index (χ0v) is 11.4. The summed E-state index contributed by atoms with van der Waals surface area (Å²) in [5.74, 6) is 0. The molecule has 0 aliphatic carbocycles. The predicted molar refractivity (Wildman–Crippen MR) is 76.3 cm³/mol. The summed E-state index contributed by atoms with van der Waals surface area (Å²) >= 11 is 1.62. The van der Waals surface area contributed by atoms with Crippen molar-refractivity contribution in [1.29, 1.82) is 0 Å². The van der Waals surface area contributed by atoms with E-state index in [1.54, 1.807) is 11.8 Å². The van der Waals surface area contributed by atoms with E-state index in [2.05, 4.69) is 39.8 Å². The van der Waals surface area contributed by atoms with Crippen LogP contribution in [0.2, 0.25) is 0 Å². The van der Waals surface area contributed by atoms with E-state index >= 15 is 0 Å². The summed E-state index contributed by atoms with van der Waals surface area (Å²) in [5, 5.41) is 12.4. The molecule has 3 rings (SSSR count). The van der Waals surface area contributed by atoms with Crippen molar-refractivity contribution < 1.29 is 0 Å². The van der Waals surface area contributed by atoms with Crippen LogP contribution in [0.5, 0.6) is 0 Å². The molecule has 0 saturated carbocycles. The lowest BCUT2D eigenvalue weighted by Crippen LogP contribution is -2.04. The second-order valence-corrected chi connectivity index (χ2v) is 5.23. The molecule has 0 spiro atoms. The Hall–Kier alpha value is -1.85. The van der Waals surface area contributed by atoms with Gasteiger partial charge >= 0.3 is 0 Å². The molecule has 3 aromatic rings. The largest absolute Gasteiger partial charge is 0.316 e. The number of benzene rings is 1. The molecule has 0 radical (unpaired) electrons. The first-order valence-electron chi connectivity index (χ1n) is 6.08. The fourth-order valence-corrected chi connectivity index (χ4v) is 2.69. The zero-order chi connectivity index (χ0) is 13.1. The molecular formula is C14H14N4S. The Morgan fingerprint density at radius 2 is 1.95 bits per heavy atom. The second-order valence-electron chi connectivity index (χ2n) is 4.19. The number of nitrogens with zero attached hydrogens (tertiary/aromatic N) is 3. The third-order valence-electron chi connectivity index (χ3n) is 2.80. The number of rotatable bonds is 4. The van der Waals surface area contributed by atoms with Crippen molar-refractivity contribution in [1.82, 2.24) is 19.9 Å². The fourth-order valence-electron chi connectivity index (χ4n) is 1.87. The van der Waals surface area contributed by atoms with Gasteiger partial charge in [0, 0.05) is 17.6 Å². The second kappa shape index (κ2) is 5.42. The summed E-state index contributed by atoms with van der Waals surface area (Å²) in [4.78, 5) is 1.16. The van der Waals surface area contributed by atoms with Gasteiger partial charge in [-0.25, -0.2) is 0 Å². The molecule has 2 aromatic heterocycles. The molecule has 0 saturated heterocycles. The van der Waals surface area contributed by atoms with E-state index in [0.29, 0.717) is 0 Å². The molecule has 0 bridgehead atoms. The van der Waals surface area contributed by atoms with Crippen LogP contribution in [0.3, 0.4) is 0 Å². The van der Waals surface area contributed by atoms with Crippen LogP contribution >= 0.6 is 11.8 Å². The Balaban J connectivity index is 1.84. The molecule has 0 unspecified atom stereocenters. The van der Waals surface area contributed by atoms with E-state index in [-0.39, 0.29) is 0 Å². The SMILES string of the molecule is CNCc1ccc(Sc2nnc3ccccn23)cc1. The summed E-state index contributed by atoms with van der Waals surface area (Å²) in [6.07, 6.45) is 1.98. The molecule has 0 atom stereocenters. The van der Waals surface area contributed by atoms with Gasteiger partial charge in [-0.1, -0.05) is 18.2 Å². The first-order valence-corrected chi connectivity index (χ1v) is 6.89. The van der Waals surface area contributed by atoms with Crippen molar-refractivity contribution in [2.24, 2.45) is 0 Å². The Kier molecular flexibility index (Phi) is 3.48. The normalized spacial score (nSPS) is 11.0. The van der Waals surface area contributed by atoms with E-state index < -0.39 is 0 Å². The van der Waals surface area contributed by atoms with Gasteiger partial charge in [0.1, 0.15) is 0 Å². The van der Waals surface area contributed by atoms with Gasteiger partial charge in [-0.05, 0) is 48.6 Å². The van der Waals surface area contributed by atoms with Crippen molar-refractivity contribution in [3.05, 3.63) is 54.2 Å². The van der Waals surface area contributed by atoms with Gasteiger partial charge < -0.3 is 5.32 Å². The van der Waals surface area contributed by atoms with Crippen LogP contribution in [-0.2, 0) is 6.54 Å². The van der Waals surface area contributed by atoms with Crippen LogP contribution < -0.4 is 5.32 Å². The Labute approximate surface area is 115 Å². The molecule has 1 aromatic carbocycles. The number of fused-ring (bicyclic) bond motifs is 1.